The summed E-state index contributed by atoms with van der Waals surface area (Å²) in [5.41, 5.74) is -3.62. The first-order chi connectivity index (χ1) is 32.0. The van der Waals surface area contributed by atoms with Crippen LogP contribution in [0.4, 0.5) is 0 Å². The fraction of sp³-hybridized carbons (Fsp3) is 0.960. The molecule has 5 aliphatic carbocycles. The highest BCUT2D eigenvalue weighted by Gasteiger charge is 2.85. The molecule has 19 nitrogen and oxygen atoms in total. The van der Waals surface area contributed by atoms with Crippen molar-refractivity contribution in [3.63, 3.8) is 0 Å². The number of aliphatic hydroxyl groups is 8. The summed E-state index contributed by atoms with van der Waals surface area (Å²) in [4.78, 5) is 25.0. The average Bonchev–Trinajstić information content (AvgIpc) is 3.62. The molecule has 69 heavy (non-hydrogen) atoms. The molecule has 0 unspecified atom stereocenters. The molecule has 4 heterocycles. The quantitative estimate of drug-likeness (QED) is 0.113. The molecule has 5 saturated carbocycles. The minimum absolute atomic E-state index is 0.0598. The van der Waals surface area contributed by atoms with Crippen LogP contribution in [-0.4, -0.2) is 182 Å². The highest BCUT2D eigenvalue weighted by molar-refractivity contribution is 5.67. The predicted molar refractivity (Wildman–Crippen MR) is 238 cm³/mol. The maximum Gasteiger partial charge on any atom is 0.303 e. The normalized spacial score (nSPS) is 54.6. The van der Waals surface area contributed by atoms with Gasteiger partial charge in [0.2, 0.25) is 0 Å². The van der Waals surface area contributed by atoms with E-state index in [0.717, 1.165) is 19.3 Å². The van der Waals surface area contributed by atoms with Gasteiger partial charge in [0.25, 0.3) is 0 Å². The van der Waals surface area contributed by atoms with Crippen molar-refractivity contribution in [2.24, 2.45) is 44.8 Å². The second-order valence-corrected chi connectivity index (χ2v) is 24.6. The lowest BCUT2D eigenvalue weighted by molar-refractivity contribution is -0.366. The van der Waals surface area contributed by atoms with Crippen molar-refractivity contribution in [3.05, 3.63) is 0 Å². The molecule has 0 bridgehead atoms. The smallest absolute Gasteiger partial charge is 0.303 e. The number of hydrogen-bond donors (Lipinski definition) is 8. The van der Waals surface area contributed by atoms with Crippen molar-refractivity contribution in [2.75, 3.05) is 13.2 Å². The first-order valence-corrected chi connectivity index (χ1v) is 25.4. The molecule has 0 aromatic rings. The van der Waals surface area contributed by atoms with Gasteiger partial charge >= 0.3 is 11.9 Å². The highest BCUT2D eigenvalue weighted by Crippen LogP contribution is 2.89. The topological polar surface area (TPSA) is 279 Å². The van der Waals surface area contributed by atoms with Crippen LogP contribution < -0.4 is 0 Å². The summed E-state index contributed by atoms with van der Waals surface area (Å²) in [7, 11) is 0. The van der Waals surface area contributed by atoms with Crippen molar-refractivity contribution >= 4 is 11.9 Å². The number of rotatable bonds is 10. The van der Waals surface area contributed by atoms with Crippen LogP contribution in [0.1, 0.15) is 127 Å². The molecular weight excluding hydrogens is 905 g/mol. The van der Waals surface area contributed by atoms with Crippen LogP contribution in [0, 0.1) is 44.8 Å². The van der Waals surface area contributed by atoms with Crippen LogP contribution in [-0.2, 0) is 52.2 Å². The zero-order chi connectivity index (χ0) is 50.3. The van der Waals surface area contributed by atoms with Gasteiger partial charge in [-0.2, -0.15) is 0 Å². The Morgan fingerprint density at radius 3 is 1.96 bits per heavy atom. The van der Waals surface area contributed by atoms with Crippen LogP contribution in [0.2, 0.25) is 0 Å². The molecule has 0 aromatic heterocycles. The summed E-state index contributed by atoms with van der Waals surface area (Å²) in [5.74, 6) is -1.77. The van der Waals surface area contributed by atoms with Gasteiger partial charge in [-0.3, -0.25) is 9.59 Å². The van der Waals surface area contributed by atoms with Gasteiger partial charge in [-0.05, 0) is 124 Å². The van der Waals surface area contributed by atoms with Gasteiger partial charge in [0.1, 0.15) is 36.6 Å². The minimum Gasteiger partial charge on any atom is -0.456 e. The molecule has 8 N–H and O–H groups in total. The second kappa shape index (κ2) is 17.7. The van der Waals surface area contributed by atoms with Gasteiger partial charge in [0, 0.05) is 19.8 Å². The van der Waals surface area contributed by atoms with E-state index in [0.29, 0.717) is 38.5 Å². The van der Waals surface area contributed by atoms with Gasteiger partial charge < -0.3 is 83.5 Å². The maximum atomic E-state index is 12.7. The Morgan fingerprint density at radius 1 is 0.638 bits per heavy atom. The Balaban J connectivity index is 1.05. The average molecular weight is 985 g/mol. The lowest BCUT2D eigenvalue weighted by Crippen LogP contribution is -2.65. The van der Waals surface area contributed by atoms with E-state index in [2.05, 4.69) is 34.6 Å². The SMILES string of the molecule is CC(=O)O[C@H]1[C@@H](O[C@H]2O[C@H](C)[C@@H](O)[C@@H](O)[C@H]2O)[C@H](O[C@H]2CC[C@@]34C[C@@]35CC[C@@]3(C)[C@H]([C@]6(C)CC[C@@H](C(C)(C)O)O6)[C@H](O)C[C@@]3(C)[C@H]5C[C@@H](O[C@@H]3OC[C@@H](O)[C@@H](O)[C@H]3O)[C@H]4C2(C)C)OC[C@H]1OC(C)=O. The van der Waals surface area contributed by atoms with Crippen LogP contribution in [0.3, 0.4) is 0 Å². The Kier molecular flexibility index (Phi) is 13.4. The van der Waals surface area contributed by atoms with E-state index in [1.807, 2.05) is 0 Å². The Morgan fingerprint density at radius 2 is 1.30 bits per heavy atom. The van der Waals surface area contributed by atoms with Crippen molar-refractivity contribution < 1.29 is 93.1 Å². The molecule has 0 aromatic carbocycles. The van der Waals surface area contributed by atoms with Gasteiger partial charge in [-0.25, -0.2) is 0 Å². The third-order valence-corrected chi connectivity index (χ3v) is 19.9. The second-order valence-electron chi connectivity index (χ2n) is 24.6. The molecule has 4 aliphatic heterocycles. The maximum absolute atomic E-state index is 12.7. The molecule has 2 spiro atoms. The van der Waals surface area contributed by atoms with Gasteiger partial charge in [-0.1, -0.05) is 27.7 Å². The van der Waals surface area contributed by atoms with E-state index >= 15 is 0 Å². The molecule has 9 fully saturated rings. The molecule has 0 radical (unpaired) electrons. The number of aliphatic hydroxyl groups excluding tert-OH is 7. The lowest BCUT2D eigenvalue weighted by atomic mass is 9.41. The molecule has 4 saturated heterocycles. The molecule has 394 valence electrons. The third-order valence-electron chi connectivity index (χ3n) is 19.9. The number of carbonyl (C=O) groups is 2. The van der Waals surface area contributed by atoms with Gasteiger partial charge in [-0.15, -0.1) is 0 Å². The van der Waals surface area contributed by atoms with Gasteiger partial charge in [0.05, 0.1) is 54.9 Å². The van der Waals surface area contributed by atoms with Crippen LogP contribution >= 0.6 is 0 Å². The largest absolute Gasteiger partial charge is 0.456 e. The minimum atomic E-state index is -1.74. The van der Waals surface area contributed by atoms with E-state index in [-0.39, 0.29) is 58.7 Å². The first kappa shape index (κ1) is 52.2. The van der Waals surface area contributed by atoms with Crippen molar-refractivity contribution in [3.8, 4) is 0 Å². The number of hydrogen-bond acceptors (Lipinski definition) is 19. The van der Waals surface area contributed by atoms with Crippen LogP contribution in [0.5, 0.6) is 0 Å². The zero-order valence-electron chi connectivity index (χ0n) is 41.9. The van der Waals surface area contributed by atoms with E-state index in [1.54, 1.807) is 13.8 Å². The van der Waals surface area contributed by atoms with Crippen LogP contribution in [0.15, 0.2) is 0 Å². The number of esters is 2. The number of ether oxygens (including phenoxy) is 9. The Bertz CT molecular complexity index is 1930. The lowest BCUT2D eigenvalue weighted by Gasteiger charge is -2.65. The van der Waals surface area contributed by atoms with E-state index in [1.165, 1.54) is 20.8 Å². The van der Waals surface area contributed by atoms with Crippen molar-refractivity contribution in [2.45, 2.75) is 243 Å². The number of carbonyl (C=O) groups excluding carboxylic acids is 2. The molecule has 9 aliphatic rings. The van der Waals surface area contributed by atoms with Crippen molar-refractivity contribution in [1.29, 1.82) is 0 Å². The molecule has 0 amide bonds. The van der Waals surface area contributed by atoms with E-state index in [9.17, 15) is 50.4 Å². The van der Waals surface area contributed by atoms with E-state index in [4.69, 9.17) is 42.6 Å². The number of fused-ring (bicyclic) bond motifs is 2. The summed E-state index contributed by atoms with van der Waals surface area (Å²) in [6.07, 6.45) is -13.9. The summed E-state index contributed by atoms with van der Waals surface area (Å²) < 4.78 is 56.7. The van der Waals surface area contributed by atoms with E-state index < -0.39 is 127 Å². The fourth-order valence-corrected chi connectivity index (χ4v) is 16.6. The molecule has 9 rings (SSSR count). The summed E-state index contributed by atoms with van der Waals surface area (Å²) in [5, 5.41) is 88.4. The third kappa shape index (κ3) is 8.17. The molecule has 19 heteroatoms. The molecule has 25 atom stereocenters. The molecular formula is C50H80O19. The summed E-state index contributed by atoms with van der Waals surface area (Å²) in [6.45, 7) is 17.9. The van der Waals surface area contributed by atoms with Gasteiger partial charge in [0.15, 0.2) is 37.2 Å². The summed E-state index contributed by atoms with van der Waals surface area (Å²) >= 11 is 0. The Labute approximate surface area is 404 Å². The highest BCUT2D eigenvalue weighted by atomic mass is 16.8. The predicted octanol–water partition coefficient (Wildman–Crippen LogP) is 1.36. The fourth-order valence-electron chi connectivity index (χ4n) is 16.6. The van der Waals surface area contributed by atoms with Crippen molar-refractivity contribution in [1.82, 2.24) is 0 Å². The van der Waals surface area contributed by atoms with Crippen LogP contribution in [0.25, 0.3) is 0 Å². The first-order valence-electron chi connectivity index (χ1n) is 25.4. The zero-order valence-corrected chi connectivity index (χ0v) is 41.9. The summed E-state index contributed by atoms with van der Waals surface area (Å²) in [6, 6.07) is 0. The standard InChI is InChI=1S/C50H80O19/c1-22-32(55)34(57)36(59)42(63-22)68-38-37(65-24(3)52)28(64-23(2)51)20-62-43(38)67-30-12-14-50-21-49(50)16-15-46(8)39(48(10)13-11-31(69-48)45(6,7)60)25(53)18-47(46,9)29(49)17-27(40(50)44(30,4)5)66-41-35(58)33(56)26(54)19-61-41/h22,25-43,53-60H,11-21H2,1-10H3/t22-,25-,26-,27-,28-,29-,30+,31+,32-,33-,34-,35-,36-,37-,38-,39-,40+,41+,42-,43+,46+,47+,48+,49-,50+/m1/s1. The Hall–Kier alpha value is -1.66. The monoisotopic (exact) mass is 985 g/mol.